The Morgan fingerprint density at radius 1 is 1.16 bits per heavy atom. The number of amides is 1. The quantitative estimate of drug-likeness (QED) is 0.509. The van der Waals surface area contributed by atoms with Crippen LogP contribution < -0.4 is 20.1 Å². The van der Waals surface area contributed by atoms with E-state index in [0.717, 1.165) is 11.3 Å². The molecule has 0 saturated heterocycles. The first kappa shape index (κ1) is 22.5. The number of anilines is 1. The first-order chi connectivity index (χ1) is 14.8. The zero-order chi connectivity index (χ0) is 22.5. The molecule has 2 N–H and O–H groups in total. The molecule has 0 fully saturated rings. The lowest BCUT2D eigenvalue weighted by atomic mass is 10.1. The number of fused-ring (bicyclic) bond motifs is 1. The Labute approximate surface area is 187 Å². The molecule has 2 aromatic rings. The van der Waals surface area contributed by atoms with E-state index in [9.17, 15) is 14.4 Å². The van der Waals surface area contributed by atoms with Crippen molar-refractivity contribution >= 4 is 51.5 Å². The number of esters is 2. The van der Waals surface area contributed by atoms with Crippen LogP contribution in [0.4, 0.5) is 5.00 Å². The maximum Gasteiger partial charge on any atom is 0.348 e. The Bertz CT molecular complexity index is 1050. The van der Waals surface area contributed by atoms with E-state index in [1.54, 1.807) is 32.0 Å². The predicted octanol–water partition coefficient (Wildman–Crippen LogP) is 2.92. The van der Waals surface area contributed by atoms with Gasteiger partial charge in [-0.2, -0.15) is 0 Å². The number of hydrogen-bond acceptors (Lipinski definition) is 9. The Balaban J connectivity index is 1.78. The summed E-state index contributed by atoms with van der Waals surface area (Å²) in [7, 11) is 1.25. The van der Waals surface area contributed by atoms with Crippen LogP contribution in [0.15, 0.2) is 18.2 Å². The van der Waals surface area contributed by atoms with Gasteiger partial charge in [0.25, 0.3) is 5.91 Å². The minimum Gasteiger partial charge on any atom is -0.486 e. The van der Waals surface area contributed by atoms with Crippen molar-refractivity contribution in [2.75, 3.05) is 32.2 Å². The summed E-state index contributed by atoms with van der Waals surface area (Å²) < 4.78 is 20.8. The van der Waals surface area contributed by atoms with E-state index < -0.39 is 17.8 Å². The topological polar surface area (TPSA) is 112 Å². The smallest absolute Gasteiger partial charge is 0.348 e. The van der Waals surface area contributed by atoms with Crippen molar-refractivity contribution in [1.29, 1.82) is 0 Å². The van der Waals surface area contributed by atoms with Gasteiger partial charge in [-0.3, -0.25) is 10.1 Å². The van der Waals surface area contributed by atoms with Gasteiger partial charge in [-0.15, -0.1) is 11.3 Å². The number of ether oxygens (including phenoxy) is 4. The number of thiocarbonyl (C=S) groups is 1. The van der Waals surface area contributed by atoms with Crippen molar-refractivity contribution in [2.45, 2.75) is 13.8 Å². The second kappa shape index (κ2) is 9.75. The number of methoxy groups -OCH3 is 1. The van der Waals surface area contributed by atoms with Crippen molar-refractivity contribution < 1.29 is 33.3 Å². The van der Waals surface area contributed by atoms with Crippen molar-refractivity contribution in [3.05, 3.63) is 39.8 Å². The molecule has 0 atom stereocenters. The summed E-state index contributed by atoms with van der Waals surface area (Å²) in [5.74, 6) is -0.651. The normalized spacial score (nSPS) is 12.0. The van der Waals surface area contributed by atoms with E-state index in [1.807, 2.05) is 0 Å². The molecule has 9 nitrogen and oxygen atoms in total. The van der Waals surface area contributed by atoms with E-state index in [4.69, 9.17) is 31.2 Å². The molecular weight excluding hydrogens is 444 g/mol. The number of carbonyl (C=O) groups excluding carboxylic acids is 3. The van der Waals surface area contributed by atoms with E-state index in [2.05, 4.69) is 10.6 Å². The molecule has 1 aromatic heterocycles. The van der Waals surface area contributed by atoms with Crippen LogP contribution in [0.25, 0.3) is 0 Å². The van der Waals surface area contributed by atoms with Gasteiger partial charge in [0.2, 0.25) is 0 Å². The largest absolute Gasteiger partial charge is 0.486 e. The SMILES string of the molecule is CCOC(=O)c1c(NC(=S)NC(=O)c2ccc3c(c2)OCCO3)sc(C(=O)OC)c1C. The average molecular weight is 465 g/mol. The van der Waals surface area contributed by atoms with Gasteiger partial charge < -0.3 is 24.3 Å². The van der Waals surface area contributed by atoms with Crippen LogP contribution in [0.5, 0.6) is 11.5 Å². The van der Waals surface area contributed by atoms with Crippen molar-refractivity contribution in [3.63, 3.8) is 0 Å². The fraction of sp³-hybridized carbons (Fsp3) is 0.300. The maximum absolute atomic E-state index is 12.6. The highest BCUT2D eigenvalue weighted by molar-refractivity contribution is 7.80. The monoisotopic (exact) mass is 464 g/mol. The van der Waals surface area contributed by atoms with Crippen LogP contribution in [-0.4, -0.2) is 49.9 Å². The van der Waals surface area contributed by atoms with Crippen molar-refractivity contribution in [2.24, 2.45) is 0 Å². The van der Waals surface area contributed by atoms with Crippen LogP contribution in [0, 0.1) is 6.92 Å². The molecule has 0 unspecified atom stereocenters. The van der Waals surface area contributed by atoms with Crippen LogP contribution in [0.3, 0.4) is 0 Å². The minimum atomic E-state index is -0.616. The second-order valence-corrected chi connectivity index (χ2v) is 7.67. The fourth-order valence-corrected chi connectivity index (χ4v) is 4.21. The van der Waals surface area contributed by atoms with Gasteiger partial charge in [0, 0.05) is 5.56 Å². The molecule has 0 saturated carbocycles. The van der Waals surface area contributed by atoms with Gasteiger partial charge in [0.1, 0.15) is 23.1 Å². The molecule has 0 spiro atoms. The number of benzene rings is 1. The van der Waals surface area contributed by atoms with Gasteiger partial charge in [-0.25, -0.2) is 9.59 Å². The summed E-state index contributed by atoms with van der Waals surface area (Å²) >= 11 is 6.21. The lowest BCUT2D eigenvalue weighted by molar-refractivity contribution is 0.0527. The Morgan fingerprint density at radius 3 is 2.55 bits per heavy atom. The molecular formula is C20H20N2O7S2. The summed E-state index contributed by atoms with van der Waals surface area (Å²) in [6.07, 6.45) is 0. The molecule has 1 aliphatic heterocycles. The Hall–Kier alpha value is -3.18. The summed E-state index contributed by atoms with van der Waals surface area (Å²) in [6, 6.07) is 4.78. The van der Waals surface area contributed by atoms with Gasteiger partial charge in [-0.1, -0.05) is 0 Å². The molecule has 164 valence electrons. The highest BCUT2D eigenvalue weighted by Gasteiger charge is 2.27. The molecule has 2 heterocycles. The molecule has 1 amide bonds. The number of rotatable bonds is 5. The summed E-state index contributed by atoms with van der Waals surface area (Å²) in [6.45, 7) is 4.29. The molecule has 31 heavy (non-hydrogen) atoms. The number of nitrogens with one attached hydrogen (secondary N) is 2. The Kier molecular flexibility index (Phi) is 7.08. The molecule has 3 rings (SSSR count). The van der Waals surface area contributed by atoms with E-state index in [1.165, 1.54) is 7.11 Å². The molecule has 0 radical (unpaired) electrons. The summed E-state index contributed by atoms with van der Waals surface area (Å²) in [5, 5.41) is 5.57. The molecule has 1 aromatic carbocycles. The second-order valence-electron chi connectivity index (χ2n) is 6.24. The average Bonchev–Trinajstić information content (AvgIpc) is 3.08. The summed E-state index contributed by atoms with van der Waals surface area (Å²) in [4.78, 5) is 37.3. The zero-order valence-electron chi connectivity index (χ0n) is 17.0. The number of hydrogen-bond donors (Lipinski definition) is 2. The van der Waals surface area contributed by atoms with Crippen LogP contribution in [0.1, 0.15) is 42.9 Å². The predicted molar refractivity (Wildman–Crippen MR) is 117 cm³/mol. The zero-order valence-corrected chi connectivity index (χ0v) is 18.7. The highest BCUT2D eigenvalue weighted by Crippen LogP contribution is 2.34. The van der Waals surface area contributed by atoms with Gasteiger partial charge in [-0.05, 0) is 49.8 Å². The molecule has 0 aliphatic carbocycles. The van der Waals surface area contributed by atoms with Gasteiger partial charge >= 0.3 is 11.9 Å². The highest BCUT2D eigenvalue weighted by atomic mass is 32.1. The third kappa shape index (κ3) is 4.94. The number of thiophene rings is 1. The maximum atomic E-state index is 12.6. The third-order valence-corrected chi connectivity index (χ3v) is 5.65. The van der Waals surface area contributed by atoms with Gasteiger partial charge in [0.15, 0.2) is 16.6 Å². The van der Waals surface area contributed by atoms with E-state index in [0.29, 0.717) is 35.8 Å². The first-order valence-corrected chi connectivity index (χ1v) is 10.5. The Morgan fingerprint density at radius 2 is 1.87 bits per heavy atom. The molecule has 1 aliphatic rings. The van der Waals surface area contributed by atoms with Gasteiger partial charge in [0.05, 0.1) is 19.3 Å². The van der Waals surface area contributed by atoms with Crippen LogP contribution in [0.2, 0.25) is 0 Å². The lowest BCUT2D eigenvalue weighted by Crippen LogP contribution is -2.34. The van der Waals surface area contributed by atoms with Crippen LogP contribution in [-0.2, 0) is 9.47 Å². The van der Waals surface area contributed by atoms with E-state index >= 15 is 0 Å². The fourth-order valence-electron chi connectivity index (χ4n) is 2.83. The lowest BCUT2D eigenvalue weighted by Gasteiger charge is -2.18. The standard InChI is InChI=1S/C20H20N2O7S2/c1-4-27-18(24)14-10(2)15(19(25)26-3)31-17(14)22-20(30)21-16(23)11-5-6-12-13(9-11)29-8-7-28-12/h5-6,9H,4,7-8H2,1-3H3,(H2,21,22,23,30). The van der Waals surface area contributed by atoms with Crippen molar-refractivity contribution in [1.82, 2.24) is 5.32 Å². The third-order valence-electron chi connectivity index (χ3n) is 4.26. The minimum absolute atomic E-state index is 0.0527. The first-order valence-electron chi connectivity index (χ1n) is 9.26. The van der Waals surface area contributed by atoms with Crippen LogP contribution >= 0.6 is 23.6 Å². The number of carbonyl (C=O) groups is 3. The summed E-state index contributed by atoms with van der Waals surface area (Å²) in [5.41, 5.74) is 0.874. The van der Waals surface area contributed by atoms with Crippen molar-refractivity contribution in [3.8, 4) is 11.5 Å². The van der Waals surface area contributed by atoms with E-state index in [-0.39, 0.29) is 27.2 Å². The molecule has 11 heteroatoms. The molecule has 0 bridgehead atoms.